The number of hydrogen-bond donors (Lipinski definition) is 1. The molecule has 1 aromatic carbocycles. The van der Waals surface area contributed by atoms with Crippen LogP contribution < -0.4 is 10.1 Å². The van der Waals surface area contributed by atoms with Crippen molar-refractivity contribution in [3.63, 3.8) is 0 Å². The van der Waals surface area contributed by atoms with Crippen LogP contribution in [0.1, 0.15) is 36.6 Å². The molecule has 20 heavy (non-hydrogen) atoms. The molecule has 0 saturated carbocycles. The van der Waals surface area contributed by atoms with Crippen LogP contribution >= 0.6 is 0 Å². The van der Waals surface area contributed by atoms with Crippen molar-refractivity contribution < 1.29 is 13.2 Å². The van der Waals surface area contributed by atoms with Gasteiger partial charge in [-0.25, -0.2) is 8.42 Å². The Hall–Kier alpha value is -1.07. The van der Waals surface area contributed by atoms with Crippen LogP contribution in [0.4, 0.5) is 0 Å². The van der Waals surface area contributed by atoms with Gasteiger partial charge in [0.25, 0.3) is 0 Å². The van der Waals surface area contributed by atoms with Gasteiger partial charge in [-0.3, -0.25) is 0 Å². The molecule has 1 N–H and O–H groups in total. The maximum Gasteiger partial charge on any atom is 0.151 e. The minimum atomic E-state index is -3.11. The first-order valence-electron chi connectivity index (χ1n) is 6.79. The summed E-state index contributed by atoms with van der Waals surface area (Å²) in [5, 5.41) is 2.81. The number of methoxy groups -OCH3 is 1. The lowest BCUT2D eigenvalue weighted by Gasteiger charge is -2.26. The third-order valence-electron chi connectivity index (χ3n) is 3.69. The van der Waals surface area contributed by atoms with Crippen molar-refractivity contribution in [2.45, 2.75) is 39.0 Å². The molecule has 0 amide bonds. The minimum Gasteiger partial charge on any atom is -0.496 e. The highest BCUT2D eigenvalue weighted by atomic mass is 32.2. The summed E-state index contributed by atoms with van der Waals surface area (Å²) in [5.74, 6) is 0.827. The second-order valence-electron chi connectivity index (χ2n) is 5.25. The van der Waals surface area contributed by atoms with E-state index in [-0.39, 0.29) is 6.04 Å². The summed E-state index contributed by atoms with van der Waals surface area (Å²) in [6.45, 7) is 8.40. The number of rotatable bonds is 6. The molecule has 0 radical (unpaired) electrons. The normalized spacial score (nSPS) is 14.9. The summed E-state index contributed by atoms with van der Waals surface area (Å²) >= 11 is 0. The SMILES string of the molecule is CCNC(c1cc(C)c(OC)cc1C)C(C)S(C)(=O)=O. The quantitative estimate of drug-likeness (QED) is 0.876. The molecular weight excluding hydrogens is 274 g/mol. The fraction of sp³-hybridized carbons (Fsp3) is 0.600. The number of hydrogen-bond acceptors (Lipinski definition) is 4. The number of ether oxygens (including phenoxy) is 1. The van der Waals surface area contributed by atoms with Gasteiger partial charge in [0.05, 0.1) is 12.4 Å². The Labute approximate surface area is 122 Å². The smallest absolute Gasteiger partial charge is 0.151 e. The topological polar surface area (TPSA) is 55.4 Å². The minimum absolute atomic E-state index is 0.209. The number of benzene rings is 1. The van der Waals surface area contributed by atoms with Crippen LogP contribution in [0, 0.1) is 13.8 Å². The predicted molar refractivity (Wildman–Crippen MR) is 83.2 cm³/mol. The van der Waals surface area contributed by atoms with E-state index in [0.717, 1.165) is 29.0 Å². The maximum absolute atomic E-state index is 11.9. The molecule has 0 spiro atoms. The first kappa shape index (κ1) is 17.0. The largest absolute Gasteiger partial charge is 0.496 e. The summed E-state index contributed by atoms with van der Waals surface area (Å²) < 4.78 is 29.1. The van der Waals surface area contributed by atoms with E-state index in [9.17, 15) is 8.42 Å². The fourth-order valence-electron chi connectivity index (χ4n) is 2.36. The lowest BCUT2D eigenvalue weighted by Crippen LogP contribution is -2.35. The van der Waals surface area contributed by atoms with Gasteiger partial charge in [0.2, 0.25) is 0 Å². The summed E-state index contributed by atoms with van der Waals surface area (Å²) in [4.78, 5) is 0. The monoisotopic (exact) mass is 299 g/mol. The van der Waals surface area contributed by atoms with Crippen molar-refractivity contribution in [1.82, 2.24) is 5.32 Å². The van der Waals surface area contributed by atoms with Crippen molar-refractivity contribution in [3.8, 4) is 5.75 Å². The Kier molecular flexibility index (Phi) is 5.59. The van der Waals surface area contributed by atoms with E-state index in [1.165, 1.54) is 6.26 Å². The van der Waals surface area contributed by atoms with E-state index >= 15 is 0 Å². The molecule has 0 aromatic heterocycles. The Balaban J connectivity index is 3.32. The molecular formula is C15H25NO3S. The molecule has 0 aliphatic rings. The molecule has 0 fully saturated rings. The van der Waals surface area contributed by atoms with Gasteiger partial charge in [0.1, 0.15) is 5.75 Å². The Morgan fingerprint density at radius 2 is 1.85 bits per heavy atom. The molecule has 0 aliphatic carbocycles. The molecule has 114 valence electrons. The molecule has 1 rings (SSSR count). The Morgan fingerprint density at radius 3 is 2.30 bits per heavy atom. The Morgan fingerprint density at radius 1 is 1.25 bits per heavy atom. The third-order valence-corrected chi connectivity index (χ3v) is 5.31. The average molecular weight is 299 g/mol. The molecule has 0 heterocycles. The van der Waals surface area contributed by atoms with Crippen LogP contribution in [0.15, 0.2) is 12.1 Å². The predicted octanol–water partition coefficient (Wildman–Crippen LogP) is 2.40. The molecule has 2 atom stereocenters. The highest BCUT2D eigenvalue weighted by Gasteiger charge is 2.28. The Bertz CT molecular complexity index is 567. The van der Waals surface area contributed by atoms with E-state index in [4.69, 9.17) is 4.74 Å². The molecule has 0 saturated heterocycles. The molecule has 2 unspecified atom stereocenters. The highest BCUT2D eigenvalue weighted by Crippen LogP contribution is 2.30. The van der Waals surface area contributed by atoms with Crippen molar-refractivity contribution >= 4 is 9.84 Å². The number of nitrogens with one attached hydrogen (secondary N) is 1. The van der Waals surface area contributed by atoms with Crippen molar-refractivity contribution in [3.05, 3.63) is 28.8 Å². The van der Waals surface area contributed by atoms with E-state index in [2.05, 4.69) is 5.32 Å². The van der Waals surface area contributed by atoms with Crippen molar-refractivity contribution in [1.29, 1.82) is 0 Å². The van der Waals surface area contributed by atoms with Crippen LogP contribution in [0.25, 0.3) is 0 Å². The second kappa shape index (κ2) is 6.59. The van der Waals surface area contributed by atoms with E-state index < -0.39 is 15.1 Å². The summed E-state index contributed by atoms with van der Waals surface area (Å²) in [5.41, 5.74) is 3.06. The van der Waals surface area contributed by atoms with Gasteiger partial charge in [-0.05, 0) is 50.1 Å². The lowest BCUT2D eigenvalue weighted by molar-refractivity contribution is 0.410. The summed E-state index contributed by atoms with van der Waals surface area (Å²) in [6, 6.07) is 3.77. The van der Waals surface area contributed by atoms with E-state index in [1.807, 2.05) is 32.9 Å². The van der Waals surface area contributed by atoms with Crippen LogP contribution in [0.5, 0.6) is 5.75 Å². The first-order valence-corrected chi connectivity index (χ1v) is 8.75. The van der Waals surface area contributed by atoms with Crippen molar-refractivity contribution in [2.75, 3.05) is 19.9 Å². The zero-order valence-electron chi connectivity index (χ0n) is 13.1. The van der Waals surface area contributed by atoms with Gasteiger partial charge in [0.15, 0.2) is 9.84 Å². The third kappa shape index (κ3) is 3.73. The molecule has 0 bridgehead atoms. The van der Waals surface area contributed by atoms with E-state index in [1.54, 1.807) is 14.0 Å². The summed E-state index contributed by atoms with van der Waals surface area (Å²) in [7, 11) is -1.47. The van der Waals surface area contributed by atoms with Gasteiger partial charge < -0.3 is 10.1 Å². The maximum atomic E-state index is 11.9. The van der Waals surface area contributed by atoms with Crippen molar-refractivity contribution in [2.24, 2.45) is 0 Å². The van der Waals surface area contributed by atoms with Gasteiger partial charge in [-0.15, -0.1) is 0 Å². The molecule has 1 aromatic rings. The molecule has 0 aliphatic heterocycles. The van der Waals surface area contributed by atoms with Gasteiger partial charge in [-0.1, -0.05) is 13.0 Å². The van der Waals surface area contributed by atoms with Gasteiger partial charge in [-0.2, -0.15) is 0 Å². The van der Waals surface area contributed by atoms with Crippen LogP contribution in [0.3, 0.4) is 0 Å². The van der Waals surface area contributed by atoms with Crippen LogP contribution in [0.2, 0.25) is 0 Å². The van der Waals surface area contributed by atoms with Gasteiger partial charge in [0, 0.05) is 12.3 Å². The molecule has 4 nitrogen and oxygen atoms in total. The lowest BCUT2D eigenvalue weighted by atomic mass is 9.96. The standard InChI is InChI=1S/C15H25NO3S/c1-7-16-15(12(4)20(6,17)18)13-8-11(3)14(19-5)9-10(13)2/h8-9,12,15-16H,7H2,1-6H3. The first-order chi connectivity index (χ1) is 9.22. The van der Waals surface area contributed by atoms with E-state index in [0.29, 0.717) is 0 Å². The fourth-order valence-corrected chi connectivity index (χ4v) is 3.10. The number of aryl methyl sites for hydroxylation is 2. The second-order valence-corrected chi connectivity index (χ2v) is 7.65. The number of sulfone groups is 1. The zero-order chi connectivity index (χ0) is 15.5. The van der Waals surface area contributed by atoms with Gasteiger partial charge >= 0.3 is 0 Å². The highest BCUT2D eigenvalue weighted by molar-refractivity contribution is 7.91. The molecule has 5 heteroatoms. The van der Waals surface area contributed by atoms with Crippen LogP contribution in [-0.4, -0.2) is 33.6 Å². The summed E-state index contributed by atoms with van der Waals surface area (Å²) in [6.07, 6.45) is 1.29. The van der Waals surface area contributed by atoms with Crippen LogP contribution in [-0.2, 0) is 9.84 Å². The zero-order valence-corrected chi connectivity index (χ0v) is 14.0. The average Bonchev–Trinajstić information content (AvgIpc) is 2.36.